The highest BCUT2D eigenvalue weighted by atomic mass is 35.5. The molecule has 0 aliphatic carbocycles. The highest BCUT2D eigenvalue weighted by Crippen LogP contribution is 2.37. The molecule has 0 unspecified atom stereocenters. The van der Waals surface area contributed by atoms with Crippen LogP contribution in [0.5, 0.6) is 0 Å². The molecule has 1 heterocycles. The Bertz CT molecular complexity index is 1300. The summed E-state index contributed by atoms with van der Waals surface area (Å²) in [5.74, 6) is -1.12. The van der Waals surface area contributed by atoms with Crippen molar-refractivity contribution >= 4 is 46.1 Å². The van der Waals surface area contributed by atoms with Gasteiger partial charge in [0.05, 0.1) is 21.2 Å². The number of nitrogens with zero attached hydrogens (tertiary/aromatic N) is 2. The molecule has 3 aromatic rings. The number of nitro benzene ring substituents is 1. The van der Waals surface area contributed by atoms with Crippen LogP contribution < -0.4 is 10.2 Å². The zero-order chi connectivity index (χ0) is 23.0. The Kier molecular flexibility index (Phi) is 5.50. The van der Waals surface area contributed by atoms with Gasteiger partial charge in [0.25, 0.3) is 17.5 Å². The fourth-order valence-corrected chi connectivity index (χ4v) is 3.82. The van der Waals surface area contributed by atoms with E-state index < -0.39 is 16.7 Å². The summed E-state index contributed by atoms with van der Waals surface area (Å²) in [7, 11) is 0. The normalized spacial score (nSPS) is 13.7. The second-order valence-corrected chi connectivity index (χ2v) is 7.80. The van der Waals surface area contributed by atoms with Crippen LogP contribution in [0.1, 0.15) is 16.7 Å². The third-order valence-corrected chi connectivity index (χ3v) is 5.51. The van der Waals surface area contributed by atoms with Gasteiger partial charge in [0.2, 0.25) is 0 Å². The summed E-state index contributed by atoms with van der Waals surface area (Å²) in [6, 6.07) is 17.8. The number of carbonyl (C=O) groups excluding carboxylic acids is 2. The summed E-state index contributed by atoms with van der Waals surface area (Å²) in [4.78, 5) is 38.4. The van der Waals surface area contributed by atoms with Gasteiger partial charge in [-0.15, -0.1) is 0 Å². The number of halogens is 1. The Labute approximate surface area is 189 Å². The number of aryl methyl sites for hydroxylation is 2. The molecule has 7 nitrogen and oxygen atoms in total. The minimum Gasteiger partial charge on any atom is -0.350 e. The van der Waals surface area contributed by atoms with Crippen LogP contribution in [0.2, 0.25) is 5.02 Å². The number of non-ortho nitro benzene ring substituents is 1. The predicted molar refractivity (Wildman–Crippen MR) is 124 cm³/mol. The highest BCUT2D eigenvalue weighted by Gasteiger charge is 2.41. The van der Waals surface area contributed by atoms with Crippen LogP contribution in [-0.4, -0.2) is 16.7 Å². The molecular weight excluding hydrogens is 430 g/mol. The van der Waals surface area contributed by atoms with Gasteiger partial charge in [0, 0.05) is 17.8 Å². The Hall–Kier alpha value is -3.97. The van der Waals surface area contributed by atoms with Gasteiger partial charge in [-0.05, 0) is 55.3 Å². The molecule has 0 aromatic heterocycles. The number of carbonyl (C=O) groups is 2. The first-order chi connectivity index (χ1) is 15.3. The number of anilines is 2. The van der Waals surface area contributed by atoms with Gasteiger partial charge in [-0.3, -0.25) is 19.7 Å². The molecule has 8 heteroatoms. The number of imide groups is 1. The van der Waals surface area contributed by atoms with E-state index in [2.05, 4.69) is 5.32 Å². The van der Waals surface area contributed by atoms with Crippen LogP contribution in [0.25, 0.3) is 5.57 Å². The maximum absolute atomic E-state index is 13.4. The average molecular weight is 448 g/mol. The topological polar surface area (TPSA) is 92.6 Å². The van der Waals surface area contributed by atoms with Gasteiger partial charge >= 0.3 is 0 Å². The van der Waals surface area contributed by atoms with Crippen molar-refractivity contribution in [1.29, 1.82) is 0 Å². The van der Waals surface area contributed by atoms with Crippen molar-refractivity contribution in [2.75, 3.05) is 10.2 Å². The summed E-state index contributed by atoms with van der Waals surface area (Å²) in [5.41, 5.74) is 3.36. The molecule has 160 valence electrons. The molecule has 0 atom stereocenters. The molecule has 1 aliphatic heterocycles. The van der Waals surface area contributed by atoms with Gasteiger partial charge in [-0.2, -0.15) is 0 Å². The molecule has 0 bridgehead atoms. The van der Waals surface area contributed by atoms with Crippen LogP contribution in [0.4, 0.5) is 17.1 Å². The number of benzene rings is 3. The maximum Gasteiger partial charge on any atom is 0.282 e. The molecule has 1 aliphatic rings. The number of nitrogens with one attached hydrogen (secondary N) is 1. The zero-order valence-electron chi connectivity index (χ0n) is 17.3. The van der Waals surface area contributed by atoms with Gasteiger partial charge in [0.1, 0.15) is 5.70 Å². The van der Waals surface area contributed by atoms with Gasteiger partial charge in [-0.1, -0.05) is 41.4 Å². The smallest absolute Gasteiger partial charge is 0.282 e. The van der Waals surface area contributed by atoms with Crippen LogP contribution in [0.3, 0.4) is 0 Å². The average Bonchev–Trinajstić information content (AvgIpc) is 3.00. The van der Waals surface area contributed by atoms with Crippen molar-refractivity contribution in [2.24, 2.45) is 0 Å². The lowest BCUT2D eigenvalue weighted by molar-refractivity contribution is -0.384. The lowest BCUT2D eigenvalue weighted by atomic mass is 10.0. The fraction of sp³-hybridized carbons (Fsp3) is 0.0833. The van der Waals surface area contributed by atoms with Gasteiger partial charge < -0.3 is 5.32 Å². The van der Waals surface area contributed by atoms with E-state index in [-0.39, 0.29) is 27.7 Å². The minimum absolute atomic E-state index is 0.0794. The Morgan fingerprint density at radius 1 is 0.938 bits per heavy atom. The van der Waals surface area contributed by atoms with Crippen LogP contribution in [0.15, 0.2) is 72.4 Å². The van der Waals surface area contributed by atoms with Crippen LogP contribution in [-0.2, 0) is 9.59 Å². The first-order valence-electron chi connectivity index (χ1n) is 9.74. The molecule has 0 radical (unpaired) electrons. The highest BCUT2D eigenvalue weighted by molar-refractivity contribution is 6.48. The van der Waals surface area contributed by atoms with Crippen molar-refractivity contribution in [3.8, 4) is 0 Å². The number of nitro groups is 1. The van der Waals surface area contributed by atoms with Gasteiger partial charge in [0.15, 0.2) is 0 Å². The summed E-state index contributed by atoms with van der Waals surface area (Å²) in [6.45, 7) is 3.86. The standard InChI is InChI=1S/C24H18ClN3O4/c1-14-7-12-19(15(2)13-14)26-22-21(16-8-10-17(11-9-16)28(31)32)23(29)27(24(22)30)20-6-4-3-5-18(20)25/h3-13,26H,1-2H3. The minimum atomic E-state index is -0.566. The first-order valence-corrected chi connectivity index (χ1v) is 10.1. The van der Waals surface area contributed by atoms with E-state index >= 15 is 0 Å². The molecule has 0 saturated carbocycles. The van der Waals surface area contributed by atoms with E-state index in [1.54, 1.807) is 24.3 Å². The molecule has 0 fully saturated rings. The summed E-state index contributed by atoms with van der Waals surface area (Å²) >= 11 is 6.27. The largest absolute Gasteiger partial charge is 0.350 e. The van der Waals surface area contributed by atoms with E-state index in [1.807, 2.05) is 32.0 Å². The molecule has 3 aromatic carbocycles. The molecule has 32 heavy (non-hydrogen) atoms. The number of hydrogen-bond acceptors (Lipinski definition) is 5. The molecule has 0 saturated heterocycles. The van der Waals surface area contributed by atoms with E-state index in [1.165, 1.54) is 24.3 Å². The fourth-order valence-electron chi connectivity index (χ4n) is 3.60. The van der Waals surface area contributed by atoms with E-state index in [9.17, 15) is 19.7 Å². The molecule has 0 spiro atoms. The van der Waals surface area contributed by atoms with Crippen molar-refractivity contribution < 1.29 is 14.5 Å². The van der Waals surface area contributed by atoms with E-state index in [4.69, 9.17) is 11.6 Å². The zero-order valence-corrected chi connectivity index (χ0v) is 18.0. The predicted octanol–water partition coefficient (Wildman–Crippen LogP) is 5.26. The summed E-state index contributed by atoms with van der Waals surface area (Å²) < 4.78 is 0. The quantitative estimate of drug-likeness (QED) is 0.327. The summed E-state index contributed by atoms with van der Waals surface area (Å²) in [5, 5.41) is 14.4. The first kappa shape index (κ1) is 21.3. The Morgan fingerprint density at radius 3 is 2.25 bits per heavy atom. The molecule has 2 amide bonds. The Morgan fingerprint density at radius 2 is 1.62 bits per heavy atom. The lowest BCUT2D eigenvalue weighted by Gasteiger charge is -2.17. The lowest BCUT2D eigenvalue weighted by Crippen LogP contribution is -2.32. The second kappa shape index (κ2) is 8.28. The molecule has 1 N–H and O–H groups in total. The number of hydrogen-bond donors (Lipinski definition) is 1. The third kappa shape index (κ3) is 3.74. The van der Waals surface area contributed by atoms with Crippen molar-refractivity contribution in [1.82, 2.24) is 0 Å². The van der Waals surface area contributed by atoms with Crippen LogP contribution >= 0.6 is 11.6 Å². The number of amides is 2. The summed E-state index contributed by atoms with van der Waals surface area (Å²) in [6.07, 6.45) is 0. The number of para-hydroxylation sites is 1. The second-order valence-electron chi connectivity index (χ2n) is 7.39. The SMILES string of the molecule is Cc1ccc(NC2=C(c3ccc([N+](=O)[O-])cc3)C(=O)N(c3ccccc3Cl)C2=O)c(C)c1. The Balaban J connectivity index is 1.85. The monoisotopic (exact) mass is 447 g/mol. The van der Waals surface area contributed by atoms with Gasteiger partial charge in [-0.25, -0.2) is 4.90 Å². The number of rotatable bonds is 5. The maximum atomic E-state index is 13.4. The van der Waals surface area contributed by atoms with Crippen molar-refractivity contribution in [2.45, 2.75) is 13.8 Å². The van der Waals surface area contributed by atoms with Crippen molar-refractivity contribution in [3.63, 3.8) is 0 Å². The van der Waals surface area contributed by atoms with Crippen LogP contribution in [0, 0.1) is 24.0 Å². The van der Waals surface area contributed by atoms with E-state index in [0.717, 1.165) is 16.0 Å². The molecular formula is C24H18ClN3O4. The third-order valence-electron chi connectivity index (χ3n) is 5.19. The van der Waals surface area contributed by atoms with E-state index in [0.29, 0.717) is 11.3 Å². The molecule has 4 rings (SSSR count). The van der Waals surface area contributed by atoms with Crippen molar-refractivity contribution in [3.05, 3.63) is 104 Å².